The van der Waals surface area contributed by atoms with Crippen LogP contribution in [0.25, 0.3) is 0 Å². The zero-order valence-corrected chi connectivity index (χ0v) is 7.96. The third kappa shape index (κ3) is 3.79. The van der Waals surface area contributed by atoms with Crippen LogP contribution in [-0.2, 0) is 0 Å². The monoisotopic (exact) mass is 219 g/mol. The van der Waals surface area contributed by atoms with Crippen LogP contribution in [0.1, 0.15) is 24.4 Å². The van der Waals surface area contributed by atoms with Gasteiger partial charge in [-0.1, -0.05) is 18.2 Å². The SMILES string of the molecule is N[C@@H](CCC(F)(F)F)c1ccccc1O. The van der Waals surface area contributed by atoms with Crippen LogP contribution in [0.5, 0.6) is 5.75 Å². The molecule has 15 heavy (non-hydrogen) atoms. The number of hydrogen-bond donors (Lipinski definition) is 2. The molecule has 0 spiro atoms. The zero-order chi connectivity index (χ0) is 11.5. The van der Waals surface area contributed by atoms with E-state index in [1.807, 2.05) is 0 Å². The van der Waals surface area contributed by atoms with Gasteiger partial charge >= 0.3 is 6.18 Å². The normalized spacial score (nSPS) is 13.9. The van der Waals surface area contributed by atoms with Crippen molar-refractivity contribution in [3.05, 3.63) is 29.8 Å². The summed E-state index contributed by atoms with van der Waals surface area (Å²) in [5.41, 5.74) is 5.89. The molecule has 5 heteroatoms. The van der Waals surface area contributed by atoms with Crippen molar-refractivity contribution in [2.75, 3.05) is 0 Å². The molecule has 1 aromatic carbocycles. The van der Waals surface area contributed by atoms with Gasteiger partial charge < -0.3 is 10.8 Å². The van der Waals surface area contributed by atoms with Crippen LogP contribution in [0.4, 0.5) is 13.2 Å². The molecule has 0 aliphatic heterocycles. The summed E-state index contributed by atoms with van der Waals surface area (Å²) in [7, 11) is 0. The first-order valence-electron chi connectivity index (χ1n) is 4.50. The molecule has 0 aromatic heterocycles. The van der Waals surface area contributed by atoms with E-state index < -0.39 is 18.6 Å². The summed E-state index contributed by atoms with van der Waals surface area (Å²) < 4.78 is 35.7. The lowest BCUT2D eigenvalue weighted by Crippen LogP contribution is -2.15. The van der Waals surface area contributed by atoms with Crippen LogP contribution in [0.15, 0.2) is 24.3 Å². The second-order valence-corrected chi connectivity index (χ2v) is 3.32. The molecule has 0 radical (unpaired) electrons. The quantitative estimate of drug-likeness (QED) is 0.821. The molecule has 1 aromatic rings. The number of phenols is 1. The van der Waals surface area contributed by atoms with Gasteiger partial charge in [0.15, 0.2) is 0 Å². The number of halogens is 3. The number of phenolic OH excluding ortho intramolecular Hbond substituents is 1. The van der Waals surface area contributed by atoms with Crippen molar-refractivity contribution >= 4 is 0 Å². The van der Waals surface area contributed by atoms with Gasteiger partial charge in [-0.25, -0.2) is 0 Å². The lowest BCUT2D eigenvalue weighted by molar-refractivity contribution is -0.136. The second kappa shape index (κ2) is 4.53. The van der Waals surface area contributed by atoms with Crippen LogP contribution in [0, 0.1) is 0 Å². The number of alkyl halides is 3. The number of para-hydroxylation sites is 1. The Balaban J connectivity index is 2.62. The maximum absolute atomic E-state index is 11.9. The second-order valence-electron chi connectivity index (χ2n) is 3.32. The average molecular weight is 219 g/mol. The summed E-state index contributed by atoms with van der Waals surface area (Å²) in [6.45, 7) is 0. The topological polar surface area (TPSA) is 46.2 Å². The van der Waals surface area contributed by atoms with Crippen molar-refractivity contribution in [2.45, 2.75) is 25.1 Å². The first-order valence-corrected chi connectivity index (χ1v) is 4.50. The predicted octanol–water partition coefficient (Wildman–Crippen LogP) is 2.73. The fourth-order valence-corrected chi connectivity index (χ4v) is 1.28. The Morgan fingerprint density at radius 1 is 1.27 bits per heavy atom. The van der Waals surface area contributed by atoms with Crippen molar-refractivity contribution in [3.63, 3.8) is 0 Å². The summed E-state index contributed by atoms with van der Waals surface area (Å²) in [5, 5.41) is 9.35. The van der Waals surface area contributed by atoms with E-state index in [0.717, 1.165) is 0 Å². The summed E-state index contributed by atoms with van der Waals surface area (Å²) in [5.74, 6) is -0.0628. The molecule has 0 fully saturated rings. The molecule has 0 aliphatic rings. The first-order chi connectivity index (χ1) is 6.90. The lowest BCUT2D eigenvalue weighted by atomic mass is 10.0. The third-order valence-corrected chi connectivity index (χ3v) is 2.08. The molecule has 0 heterocycles. The molecule has 0 amide bonds. The molecular weight excluding hydrogens is 207 g/mol. The summed E-state index contributed by atoms with van der Waals surface area (Å²) in [6.07, 6.45) is -5.37. The summed E-state index contributed by atoms with van der Waals surface area (Å²) >= 11 is 0. The largest absolute Gasteiger partial charge is 0.508 e. The van der Waals surface area contributed by atoms with Crippen molar-refractivity contribution in [1.82, 2.24) is 0 Å². The highest BCUT2D eigenvalue weighted by Gasteiger charge is 2.28. The minimum Gasteiger partial charge on any atom is -0.508 e. The van der Waals surface area contributed by atoms with E-state index in [1.165, 1.54) is 12.1 Å². The fraction of sp³-hybridized carbons (Fsp3) is 0.400. The van der Waals surface area contributed by atoms with E-state index in [-0.39, 0.29) is 12.2 Å². The standard InChI is InChI=1S/C10H12F3NO/c11-10(12,13)6-5-8(14)7-3-1-2-4-9(7)15/h1-4,8,15H,5-6,14H2/t8-/m0/s1. The van der Waals surface area contributed by atoms with E-state index in [9.17, 15) is 18.3 Å². The minimum atomic E-state index is -4.21. The van der Waals surface area contributed by atoms with Crippen LogP contribution >= 0.6 is 0 Å². The van der Waals surface area contributed by atoms with Gasteiger partial charge in [0.1, 0.15) is 5.75 Å². The third-order valence-electron chi connectivity index (χ3n) is 2.08. The van der Waals surface area contributed by atoms with Gasteiger partial charge in [-0.2, -0.15) is 13.2 Å². The molecule has 1 atom stereocenters. The van der Waals surface area contributed by atoms with E-state index in [1.54, 1.807) is 12.1 Å². The highest BCUT2D eigenvalue weighted by atomic mass is 19.4. The van der Waals surface area contributed by atoms with Crippen LogP contribution in [0.3, 0.4) is 0 Å². The van der Waals surface area contributed by atoms with Crippen molar-refractivity contribution in [1.29, 1.82) is 0 Å². The molecule has 0 saturated carbocycles. The molecule has 1 rings (SSSR count). The first kappa shape index (κ1) is 11.8. The predicted molar refractivity (Wildman–Crippen MR) is 50.3 cm³/mol. The van der Waals surface area contributed by atoms with Crippen molar-refractivity contribution in [3.8, 4) is 5.75 Å². The zero-order valence-electron chi connectivity index (χ0n) is 7.96. The lowest BCUT2D eigenvalue weighted by Gasteiger charge is -2.14. The van der Waals surface area contributed by atoms with Crippen molar-refractivity contribution in [2.24, 2.45) is 5.73 Å². The average Bonchev–Trinajstić information content (AvgIpc) is 2.14. The smallest absolute Gasteiger partial charge is 0.389 e. The number of rotatable bonds is 3. The Morgan fingerprint density at radius 3 is 2.40 bits per heavy atom. The van der Waals surface area contributed by atoms with Gasteiger partial charge in [-0.05, 0) is 12.5 Å². The Kier molecular flexibility index (Phi) is 3.57. The van der Waals surface area contributed by atoms with E-state index in [4.69, 9.17) is 5.73 Å². The summed E-state index contributed by atoms with van der Waals surface area (Å²) in [4.78, 5) is 0. The highest BCUT2D eigenvalue weighted by Crippen LogP contribution is 2.29. The Hall–Kier alpha value is -1.23. The molecule has 0 bridgehead atoms. The molecule has 2 nitrogen and oxygen atoms in total. The molecule has 84 valence electrons. The van der Waals surface area contributed by atoms with Gasteiger partial charge in [0.25, 0.3) is 0 Å². The molecule has 3 N–H and O–H groups in total. The number of benzene rings is 1. The molecule has 0 unspecified atom stereocenters. The maximum atomic E-state index is 11.9. The molecular formula is C10H12F3NO. The van der Waals surface area contributed by atoms with Gasteiger partial charge in [-0.15, -0.1) is 0 Å². The van der Waals surface area contributed by atoms with E-state index >= 15 is 0 Å². The van der Waals surface area contributed by atoms with E-state index in [2.05, 4.69) is 0 Å². The number of aromatic hydroxyl groups is 1. The van der Waals surface area contributed by atoms with Crippen molar-refractivity contribution < 1.29 is 18.3 Å². The Labute approximate surface area is 85.5 Å². The van der Waals surface area contributed by atoms with Crippen LogP contribution in [0.2, 0.25) is 0 Å². The molecule has 0 aliphatic carbocycles. The van der Waals surface area contributed by atoms with Gasteiger partial charge in [0.2, 0.25) is 0 Å². The van der Waals surface area contributed by atoms with Gasteiger partial charge in [0.05, 0.1) is 0 Å². The Morgan fingerprint density at radius 2 is 1.87 bits per heavy atom. The van der Waals surface area contributed by atoms with Gasteiger partial charge in [0, 0.05) is 18.0 Å². The maximum Gasteiger partial charge on any atom is 0.389 e. The number of hydrogen-bond acceptors (Lipinski definition) is 2. The highest BCUT2D eigenvalue weighted by molar-refractivity contribution is 5.34. The van der Waals surface area contributed by atoms with E-state index in [0.29, 0.717) is 5.56 Å². The van der Waals surface area contributed by atoms with Gasteiger partial charge in [-0.3, -0.25) is 0 Å². The fourth-order valence-electron chi connectivity index (χ4n) is 1.28. The van der Waals surface area contributed by atoms with Crippen LogP contribution in [-0.4, -0.2) is 11.3 Å². The van der Waals surface area contributed by atoms with Crippen LogP contribution < -0.4 is 5.73 Å². The minimum absolute atomic E-state index is 0.0628. The molecule has 0 saturated heterocycles. The Bertz CT molecular complexity index is 325. The number of nitrogens with two attached hydrogens (primary N) is 1. The summed E-state index contributed by atoms with van der Waals surface area (Å²) in [6, 6.07) is 5.37.